The van der Waals surface area contributed by atoms with E-state index in [1.807, 2.05) is 0 Å². The first-order chi connectivity index (χ1) is 13.9. The van der Waals surface area contributed by atoms with Crippen LogP contribution in [0.25, 0.3) is 16.3 Å². The van der Waals surface area contributed by atoms with Gasteiger partial charge in [-0.2, -0.15) is 18.3 Å². The average Bonchev–Trinajstić information content (AvgIpc) is 3.38. The van der Waals surface area contributed by atoms with E-state index in [-0.39, 0.29) is 5.56 Å². The van der Waals surface area contributed by atoms with Crippen LogP contribution in [0, 0.1) is 0 Å². The average molecular weight is 415 g/mol. The molecule has 0 amide bonds. The summed E-state index contributed by atoms with van der Waals surface area (Å²) in [6, 6.07) is 13.7. The van der Waals surface area contributed by atoms with Crippen molar-refractivity contribution in [3.05, 3.63) is 83.6 Å². The molecule has 0 atom stereocenters. The smallest absolute Gasteiger partial charge is 0.421 e. The van der Waals surface area contributed by atoms with Gasteiger partial charge in [0.2, 0.25) is 0 Å². The molecule has 0 N–H and O–H groups in total. The quantitative estimate of drug-likeness (QED) is 0.428. The molecule has 146 valence electrons. The van der Waals surface area contributed by atoms with Gasteiger partial charge in [0.25, 0.3) is 0 Å². The number of carbonyl (C=O) groups excluding carboxylic acids is 1. The van der Waals surface area contributed by atoms with Crippen molar-refractivity contribution in [1.29, 1.82) is 0 Å². The summed E-state index contributed by atoms with van der Waals surface area (Å²) in [6.45, 7) is 0. The van der Waals surface area contributed by atoms with Crippen molar-refractivity contribution in [1.82, 2.24) is 14.8 Å². The van der Waals surface area contributed by atoms with Gasteiger partial charge >= 0.3 is 12.1 Å². The van der Waals surface area contributed by atoms with Crippen LogP contribution < -0.4 is 4.74 Å². The van der Waals surface area contributed by atoms with Crippen LogP contribution >= 0.6 is 11.3 Å². The largest absolute Gasteiger partial charge is 0.435 e. The monoisotopic (exact) mass is 415 g/mol. The molecular formula is C20H12F3N3O2S. The summed E-state index contributed by atoms with van der Waals surface area (Å²) in [7, 11) is 0. The summed E-state index contributed by atoms with van der Waals surface area (Å²) >= 11 is 1.31. The molecule has 0 saturated carbocycles. The number of carbonyl (C=O) groups is 1. The molecule has 1 aromatic carbocycles. The third kappa shape index (κ3) is 4.04. The maximum Gasteiger partial charge on any atom is 0.435 e. The molecule has 0 radical (unpaired) electrons. The Bertz CT molecular complexity index is 1120. The van der Waals surface area contributed by atoms with Crippen LogP contribution in [0.3, 0.4) is 0 Å². The van der Waals surface area contributed by atoms with Gasteiger partial charge in [-0.25, -0.2) is 9.48 Å². The highest BCUT2D eigenvalue weighted by molar-refractivity contribution is 7.13. The van der Waals surface area contributed by atoms with Crippen molar-refractivity contribution in [3.8, 4) is 22.0 Å². The SMILES string of the molecule is O=C(Oc1cccnc1)c1ccc(-n2nc(C(F)(F)F)cc2-c2cccs2)cc1. The van der Waals surface area contributed by atoms with Gasteiger partial charge < -0.3 is 4.74 Å². The molecule has 0 fully saturated rings. The second kappa shape index (κ2) is 7.51. The van der Waals surface area contributed by atoms with E-state index in [9.17, 15) is 18.0 Å². The van der Waals surface area contributed by atoms with Gasteiger partial charge in [0, 0.05) is 6.20 Å². The number of pyridine rings is 1. The van der Waals surface area contributed by atoms with Crippen molar-refractivity contribution < 1.29 is 22.7 Å². The van der Waals surface area contributed by atoms with Gasteiger partial charge in [0.05, 0.1) is 28.0 Å². The first-order valence-electron chi connectivity index (χ1n) is 8.35. The number of nitrogens with zero attached hydrogens (tertiary/aromatic N) is 3. The molecule has 0 aliphatic rings. The van der Waals surface area contributed by atoms with Crippen LogP contribution in [0.5, 0.6) is 5.75 Å². The normalized spacial score (nSPS) is 11.4. The lowest BCUT2D eigenvalue weighted by atomic mass is 10.2. The van der Waals surface area contributed by atoms with E-state index >= 15 is 0 Å². The zero-order valence-corrected chi connectivity index (χ0v) is 15.4. The highest BCUT2D eigenvalue weighted by atomic mass is 32.1. The first kappa shape index (κ1) is 18.9. The summed E-state index contributed by atoms with van der Waals surface area (Å²) in [5.74, 6) is -0.303. The predicted molar refractivity (Wildman–Crippen MR) is 101 cm³/mol. The van der Waals surface area contributed by atoms with E-state index in [0.717, 1.165) is 6.07 Å². The van der Waals surface area contributed by atoms with E-state index in [1.54, 1.807) is 35.8 Å². The van der Waals surface area contributed by atoms with Gasteiger partial charge in [-0.3, -0.25) is 4.98 Å². The zero-order chi connectivity index (χ0) is 20.4. The summed E-state index contributed by atoms with van der Waals surface area (Å²) < 4.78 is 46.0. The first-order valence-corrected chi connectivity index (χ1v) is 9.23. The minimum Gasteiger partial charge on any atom is -0.421 e. The summed E-state index contributed by atoms with van der Waals surface area (Å²) in [5, 5.41) is 5.50. The molecule has 0 aliphatic carbocycles. The number of ether oxygens (including phenoxy) is 1. The molecule has 3 heterocycles. The fraction of sp³-hybridized carbons (Fsp3) is 0.0500. The molecule has 4 rings (SSSR count). The van der Waals surface area contributed by atoms with Crippen molar-refractivity contribution in [2.24, 2.45) is 0 Å². The molecule has 9 heteroatoms. The van der Waals surface area contributed by atoms with Crippen molar-refractivity contribution in [3.63, 3.8) is 0 Å². The maximum atomic E-state index is 13.2. The predicted octanol–water partition coefficient (Wildman–Crippen LogP) is 5.23. The lowest BCUT2D eigenvalue weighted by Crippen LogP contribution is -2.09. The van der Waals surface area contributed by atoms with Gasteiger partial charge in [-0.15, -0.1) is 11.3 Å². The maximum absolute atomic E-state index is 13.2. The Labute approximate surface area is 167 Å². The number of esters is 1. The Morgan fingerprint density at radius 1 is 1.07 bits per heavy atom. The van der Waals surface area contributed by atoms with Crippen LogP contribution in [0.2, 0.25) is 0 Å². The Kier molecular flexibility index (Phi) is 4.89. The minimum atomic E-state index is -4.56. The number of benzene rings is 1. The van der Waals surface area contributed by atoms with E-state index in [2.05, 4.69) is 10.1 Å². The second-order valence-electron chi connectivity index (χ2n) is 5.93. The van der Waals surface area contributed by atoms with Gasteiger partial charge in [-0.05, 0) is 53.9 Å². The third-order valence-corrected chi connectivity index (χ3v) is 4.86. The zero-order valence-electron chi connectivity index (χ0n) is 14.6. The molecule has 5 nitrogen and oxygen atoms in total. The van der Waals surface area contributed by atoms with Gasteiger partial charge in [-0.1, -0.05) is 6.07 Å². The number of hydrogen-bond donors (Lipinski definition) is 0. The third-order valence-electron chi connectivity index (χ3n) is 3.97. The molecule has 0 spiro atoms. The van der Waals surface area contributed by atoms with E-state index in [4.69, 9.17) is 4.74 Å². The molecule has 0 aliphatic heterocycles. The van der Waals surface area contributed by atoms with Crippen molar-refractivity contribution >= 4 is 17.3 Å². The summed E-state index contributed by atoms with van der Waals surface area (Å²) in [5.41, 5.74) is -0.0284. The Morgan fingerprint density at radius 2 is 1.86 bits per heavy atom. The fourth-order valence-electron chi connectivity index (χ4n) is 2.63. The number of aromatic nitrogens is 3. The van der Waals surface area contributed by atoms with Crippen molar-refractivity contribution in [2.45, 2.75) is 6.18 Å². The molecule has 0 saturated heterocycles. The number of alkyl halides is 3. The highest BCUT2D eigenvalue weighted by Crippen LogP contribution is 2.34. The topological polar surface area (TPSA) is 57.0 Å². The van der Waals surface area contributed by atoms with Crippen LogP contribution in [0.15, 0.2) is 72.4 Å². The van der Waals surface area contributed by atoms with Crippen LogP contribution in [-0.2, 0) is 6.18 Å². The molecule has 0 bridgehead atoms. The highest BCUT2D eigenvalue weighted by Gasteiger charge is 2.35. The summed E-state index contributed by atoms with van der Waals surface area (Å²) in [6.07, 6.45) is -1.61. The molecule has 0 unspecified atom stereocenters. The lowest BCUT2D eigenvalue weighted by Gasteiger charge is -2.08. The molecule has 29 heavy (non-hydrogen) atoms. The lowest BCUT2D eigenvalue weighted by molar-refractivity contribution is -0.141. The standard InChI is InChI=1S/C20H12F3N3O2S/c21-20(22,23)18-11-16(17-4-2-10-29-17)26(25-18)14-7-5-13(6-8-14)19(27)28-15-3-1-9-24-12-15/h1-12H. The van der Waals surface area contributed by atoms with E-state index in [0.29, 0.717) is 22.0 Å². The van der Waals surface area contributed by atoms with Gasteiger partial charge in [0.15, 0.2) is 5.69 Å². The Morgan fingerprint density at radius 3 is 2.48 bits per heavy atom. The fourth-order valence-corrected chi connectivity index (χ4v) is 3.36. The molecule has 3 aromatic heterocycles. The molecular weight excluding hydrogens is 403 g/mol. The minimum absolute atomic E-state index is 0.249. The molecule has 4 aromatic rings. The number of hydrogen-bond acceptors (Lipinski definition) is 5. The Balaban J connectivity index is 1.65. The van der Waals surface area contributed by atoms with Crippen LogP contribution in [0.4, 0.5) is 13.2 Å². The number of rotatable bonds is 4. The van der Waals surface area contributed by atoms with Gasteiger partial charge in [0.1, 0.15) is 5.75 Å². The Hall–Kier alpha value is -3.46. The van der Waals surface area contributed by atoms with Crippen molar-refractivity contribution in [2.75, 3.05) is 0 Å². The number of thiophene rings is 1. The van der Waals surface area contributed by atoms with E-state index in [1.165, 1.54) is 46.5 Å². The van der Waals surface area contributed by atoms with Crippen LogP contribution in [-0.4, -0.2) is 20.7 Å². The summed E-state index contributed by atoms with van der Waals surface area (Å²) in [4.78, 5) is 16.7. The number of halogens is 3. The van der Waals surface area contributed by atoms with E-state index < -0.39 is 17.8 Å². The second-order valence-corrected chi connectivity index (χ2v) is 6.87. The van der Waals surface area contributed by atoms with Crippen LogP contribution in [0.1, 0.15) is 16.1 Å².